The van der Waals surface area contributed by atoms with Gasteiger partial charge in [-0.1, -0.05) is 20.8 Å². The Kier molecular flexibility index (Phi) is 3.60. The Morgan fingerprint density at radius 2 is 2.07 bits per heavy atom. The van der Waals surface area contributed by atoms with Crippen LogP contribution in [0.15, 0.2) is 21.5 Å². The molecule has 15 heavy (non-hydrogen) atoms. The molecule has 0 saturated heterocycles. The number of halogens is 1. The van der Waals surface area contributed by atoms with E-state index in [0.717, 1.165) is 11.0 Å². The molecule has 0 aliphatic rings. The molecule has 1 heterocycles. The van der Waals surface area contributed by atoms with Crippen LogP contribution in [0.3, 0.4) is 0 Å². The van der Waals surface area contributed by atoms with Gasteiger partial charge >= 0.3 is 0 Å². The minimum Gasteiger partial charge on any atom is -0.380 e. The van der Waals surface area contributed by atoms with Crippen LogP contribution in [0.5, 0.6) is 0 Å². The summed E-state index contributed by atoms with van der Waals surface area (Å²) in [5.41, 5.74) is 0.803. The Morgan fingerprint density at radius 1 is 1.47 bits per heavy atom. The number of pyridine rings is 1. The van der Waals surface area contributed by atoms with E-state index in [4.69, 9.17) is 0 Å². The summed E-state index contributed by atoms with van der Waals surface area (Å²) in [7, 11) is 1.75. The monoisotopic (exact) mass is 272 g/mol. The highest BCUT2D eigenvalue weighted by molar-refractivity contribution is 9.10. The molecule has 0 spiro atoms. The molecular formula is C11H17BrN2O. The van der Waals surface area contributed by atoms with Crippen molar-refractivity contribution >= 4 is 21.6 Å². The second-order valence-corrected chi connectivity index (χ2v) is 5.82. The van der Waals surface area contributed by atoms with Crippen molar-refractivity contribution in [3.63, 3.8) is 0 Å². The summed E-state index contributed by atoms with van der Waals surface area (Å²) in [6.07, 6.45) is 1.75. The van der Waals surface area contributed by atoms with Crippen molar-refractivity contribution in [1.29, 1.82) is 0 Å². The van der Waals surface area contributed by atoms with Crippen molar-refractivity contribution in [2.45, 2.75) is 20.8 Å². The molecule has 3 nitrogen and oxygen atoms in total. The molecule has 1 aromatic rings. The Hall–Kier alpha value is -0.770. The Balaban J connectivity index is 2.91. The number of nitrogens with one attached hydrogen (secondary N) is 1. The van der Waals surface area contributed by atoms with Crippen molar-refractivity contribution < 1.29 is 0 Å². The zero-order valence-corrected chi connectivity index (χ0v) is 11.2. The average molecular weight is 273 g/mol. The average Bonchev–Trinajstić information content (AvgIpc) is 2.07. The molecule has 0 aliphatic carbocycles. The van der Waals surface area contributed by atoms with Crippen LogP contribution >= 0.6 is 15.9 Å². The zero-order chi connectivity index (χ0) is 11.6. The van der Waals surface area contributed by atoms with Gasteiger partial charge in [0.1, 0.15) is 5.69 Å². The first-order valence-corrected chi connectivity index (χ1v) is 5.69. The second-order valence-electron chi connectivity index (χ2n) is 4.90. The van der Waals surface area contributed by atoms with E-state index in [1.165, 1.54) is 0 Å². The lowest BCUT2D eigenvalue weighted by atomic mass is 9.97. The first-order chi connectivity index (χ1) is 6.79. The van der Waals surface area contributed by atoms with Gasteiger partial charge in [-0.15, -0.1) is 0 Å². The summed E-state index contributed by atoms with van der Waals surface area (Å²) >= 11 is 3.37. The van der Waals surface area contributed by atoms with E-state index in [9.17, 15) is 4.79 Å². The Bertz CT molecular complexity index is 404. The molecule has 0 atom stereocenters. The molecule has 1 aromatic heterocycles. The SMILES string of the molecule is Cn1cc(Br)cc(NCC(C)(C)C)c1=O. The van der Waals surface area contributed by atoms with Gasteiger partial charge in [0.05, 0.1) is 0 Å². The quantitative estimate of drug-likeness (QED) is 0.898. The van der Waals surface area contributed by atoms with Crippen LogP contribution in [-0.4, -0.2) is 11.1 Å². The first kappa shape index (κ1) is 12.3. The minimum absolute atomic E-state index is 0.00227. The fourth-order valence-electron chi connectivity index (χ4n) is 1.16. The minimum atomic E-state index is 0.00227. The number of aromatic nitrogens is 1. The molecule has 0 unspecified atom stereocenters. The van der Waals surface area contributed by atoms with Gasteiger partial charge in [-0.25, -0.2) is 0 Å². The van der Waals surface area contributed by atoms with Crippen LogP contribution in [0.1, 0.15) is 20.8 Å². The number of hydrogen-bond acceptors (Lipinski definition) is 2. The maximum atomic E-state index is 11.7. The van der Waals surface area contributed by atoms with Gasteiger partial charge in [0.25, 0.3) is 5.56 Å². The molecular weight excluding hydrogens is 256 g/mol. The smallest absolute Gasteiger partial charge is 0.273 e. The van der Waals surface area contributed by atoms with Gasteiger partial charge in [0.15, 0.2) is 0 Å². The fraction of sp³-hybridized carbons (Fsp3) is 0.545. The van der Waals surface area contributed by atoms with Crippen LogP contribution in [0, 0.1) is 5.41 Å². The third kappa shape index (κ3) is 3.70. The highest BCUT2D eigenvalue weighted by Gasteiger charge is 2.11. The maximum absolute atomic E-state index is 11.7. The predicted molar refractivity (Wildman–Crippen MR) is 67.3 cm³/mol. The third-order valence-electron chi connectivity index (χ3n) is 1.96. The predicted octanol–water partition coefficient (Wildman–Crippen LogP) is 2.61. The van der Waals surface area contributed by atoms with Gasteiger partial charge < -0.3 is 9.88 Å². The molecule has 84 valence electrons. The topological polar surface area (TPSA) is 34.0 Å². The van der Waals surface area contributed by atoms with E-state index < -0.39 is 0 Å². The van der Waals surface area contributed by atoms with Crippen LogP contribution in [0.25, 0.3) is 0 Å². The number of anilines is 1. The van der Waals surface area contributed by atoms with Crippen molar-refractivity contribution in [2.75, 3.05) is 11.9 Å². The van der Waals surface area contributed by atoms with E-state index in [0.29, 0.717) is 5.69 Å². The van der Waals surface area contributed by atoms with Gasteiger partial charge in [0, 0.05) is 24.3 Å². The van der Waals surface area contributed by atoms with Crippen molar-refractivity contribution in [3.05, 3.63) is 27.1 Å². The molecule has 0 aliphatic heterocycles. The summed E-state index contributed by atoms with van der Waals surface area (Å²) in [5.74, 6) is 0. The van der Waals surface area contributed by atoms with Crippen LogP contribution in [0.4, 0.5) is 5.69 Å². The third-order valence-corrected chi connectivity index (χ3v) is 2.39. The summed E-state index contributed by atoms with van der Waals surface area (Å²) in [4.78, 5) is 11.7. The number of rotatable bonds is 2. The molecule has 4 heteroatoms. The maximum Gasteiger partial charge on any atom is 0.273 e. The Labute approximate surface area is 98.6 Å². The number of nitrogens with zero attached hydrogens (tertiary/aromatic N) is 1. The summed E-state index contributed by atoms with van der Waals surface area (Å²) in [6, 6.07) is 1.81. The fourth-order valence-corrected chi connectivity index (χ4v) is 1.69. The Morgan fingerprint density at radius 3 is 2.60 bits per heavy atom. The van der Waals surface area contributed by atoms with E-state index in [2.05, 4.69) is 42.0 Å². The van der Waals surface area contributed by atoms with Gasteiger partial charge in [-0.3, -0.25) is 4.79 Å². The lowest BCUT2D eigenvalue weighted by Gasteiger charge is -2.19. The van der Waals surface area contributed by atoms with E-state index in [1.807, 2.05) is 6.07 Å². The molecule has 0 aromatic carbocycles. The van der Waals surface area contributed by atoms with Gasteiger partial charge in [-0.2, -0.15) is 0 Å². The van der Waals surface area contributed by atoms with Crippen molar-refractivity contribution in [3.8, 4) is 0 Å². The lowest BCUT2D eigenvalue weighted by molar-refractivity contribution is 0.442. The highest BCUT2D eigenvalue weighted by atomic mass is 79.9. The lowest BCUT2D eigenvalue weighted by Crippen LogP contribution is -2.25. The summed E-state index contributed by atoms with van der Waals surface area (Å²) in [5, 5.41) is 3.17. The molecule has 1 rings (SSSR count). The molecule has 0 saturated carbocycles. The first-order valence-electron chi connectivity index (χ1n) is 4.90. The van der Waals surface area contributed by atoms with E-state index in [-0.39, 0.29) is 11.0 Å². The van der Waals surface area contributed by atoms with E-state index in [1.54, 1.807) is 17.8 Å². The van der Waals surface area contributed by atoms with Crippen LogP contribution in [-0.2, 0) is 7.05 Å². The number of hydrogen-bond donors (Lipinski definition) is 1. The van der Waals surface area contributed by atoms with Crippen molar-refractivity contribution in [2.24, 2.45) is 12.5 Å². The summed E-state index contributed by atoms with van der Waals surface area (Å²) in [6.45, 7) is 7.16. The number of aryl methyl sites for hydroxylation is 1. The highest BCUT2D eigenvalue weighted by Crippen LogP contribution is 2.16. The normalized spacial score (nSPS) is 11.5. The van der Waals surface area contributed by atoms with Crippen molar-refractivity contribution in [1.82, 2.24) is 4.57 Å². The second kappa shape index (κ2) is 4.39. The zero-order valence-electron chi connectivity index (χ0n) is 9.60. The van der Waals surface area contributed by atoms with E-state index >= 15 is 0 Å². The largest absolute Gasteiger partial charge is 0.380 e. The standard InChI is InChI=1S/C11H17BrN2O/c1-11(2,3)7-13-9-5-8(12)6-14(4)10(9)15/h5-6,13H,7H2,1-4H3. The molecule has 0 bridgehead atoms. The molecule has 0 radical (unpaired) electrons. The molecule has 0 fully saturated rings. The van der Waals surface area contributed by atoms with Gasteiger partial charge in [-0.05, 0) is 27.4 Å². The van der Waals surface area contributed by atoms with Crippen LogP contribution < -0.4 is 10.9 Å². The summed E-state index contributed by atoms with van der Waals surface area (Å²) < 4.78 is 2.47. The van der Waals surface area contributed by atoms with Crippen LogP contribution in [0.2, 0.25) is 0 Å². The molecule has 0 amide bonds. The molecule has 1 N–H and O–H groups in total. The van der Waals surface area contributed by atoms with Gasteiger partial charge in [0.2, 0.25) is 0 Å².